The lowest BCUT2D eigenvalue weighted by atomic mass is 10.1. The van der Waals surface area contributed by atoms with Crippen molar-refractivity contribution in [2.24, 2.45) is 5.73 Å². The summed E-state index contributed by atoms with van der Waals surface area (Å²) >= 11 is 0. The van der Waals surface area contributed by atoms with Crippen LogP contribution in [0.4, 0.5) is 4.39 Å². The standard InChI is InChI=1S/C12H18FNO/c1-8(2)15-7-12(14)10-4-9(3)5-11(13)6-10/h4-6,8,12H,7,14H2,1-3H3. The van der Waals surface area contributed by atoms with E-state index < -0.39 is 0 Å². The molecular weight excluding hydrogens is 193 g/mol. The molecule has 0 aliphatic carbocycles. The van der Waals surface area contributed by atoms with Crippen molar-refractivity contribution < 1.29 is 9.13 Å². The van der Waals surface area contributed by atoms with E-state index in [2.05, 4.69) is 0 Å². The van der Waals surface area contributed by atoms with E-state index in [-0.39, 0.29) is 18.0 Å². The summed E-state index contributed by atoms with van der Waals surface area (Å²) < 4.78 is 18.5. The number of rotatable bonds is 4. The highest BCUT2D eigenvalue weighted by Crippen LogP contribution is 2.15. The minimum Gasteiger partial charge on any atom is -0.377 e. The van der Waals surface area contributed by atoms with E-state index in [1.54, 1.807) is 0 Å². The number of benzene rings is 1. The summed E-state index contributed by atoms with van der Waals surface area (Å²) in [6.07, 6.45) is 0.144. The van der Waals surface area contributed by atoms with Crippen LogP contribution in [0.15, 0.2) is 18.2 Å². The minimum atomic E-state index is -0.262. The zero-order chi connectivity index (χ0) is 11.4. The zero-order valence-electron chi connectivity index (χ0n) is 9.46. The first-order valence-corrected chi connectivity index (χ1v) is 5.13. The van der Waals surface area contributed by atoms with Crippen molar-refractivity contribution in [2.45, 2.75) is 32.9 Å². The van der Waals surface area contributed by atoms with E-state index in [1.807, 2.05) is 26.8 Å². The molecule has 0 saturated heterocycles. The molecule has 2 N–H and O–H groups in total. The third-order valence-corrected chi connectivity index (χ3v) is 2.10. The van der Waals surface area contributed by atoms with Crippen LogP contribution in [0.25, 0.3) is 0 Å². The molecule has 1 rings (SSSR count). The summed E-state index contributed by atoms with van der Waals surface area (Å²) in [4.78, 5) is 0. The van der Waals surface area contributed by atoms with E-state index >= 15 is 0 Å². The highest BCUT2D eigenvalue weighted by molar-refractivity contribution is 5.26. The number of hydrogen-bond acceptors (Lipinski definition) is 2. The lowest BCUT2D eigenvalue weighted by molar-refractivity contribution is 0.0682. The van der Waals surface area contributed by atoms with Crippen LogP contribution in [-0.2, 0) is 4.74 Å². The van der Waals surface area contributed by atoms with Crippen molar-refractivity contribution in [1.82, 2.24) is 0 Å². The van der Waals surface area contributed by atoms with Crippen molar-refractivity contribution in [1.29, 1.82) is 0 Å². The van der Waals surface area contributed by atoms with Crippen LogP contribution < -0.4 is 5.73 Å². The SMILES string of the molecule is Cc1cc(F)cc(C(N)COC(C)C)c1. The molecule has 0 heterocycles. The van der Waals surface area contributed by atoms with Gasteiger partial charge in [0.2, 0.25) is 0 Å². The molecule has 0 aliphatic rings. The van der Waals surface area contributed by atoms with E-state index in [0.29, 0.717) is 6.61 Å². The predicted molar refractivity (Wildman–Crippen MR) is 59.2 cm³/mol. The Kier molecular flexibility index (Phi) is 4.24. The number of ether oxygens (including phenoxy) is 1. The zero-order valence-corrected chi connectivity index (χ0v) is 9.46. The van der Waals surface area contributed by atoms with Crippen molar-refractivity contribution in [3.63, 3.8) is 0 Å². The molecule has 0 aliphatic heterocycles. The second-order valence-corrected chi connectivity index (χ2v) is 4.05. The van der Waals surface area contributed by atoms with Gasteiger partial charge >= 0.3 is 0 Å². The van der Waals surface area contributed by atoms with E-state index in [1.165, 1.54) is 12.1 Å². The van der Waals surface area contributed by atoms with Gasteiger partial charge in [-0.1, -0.05) is 6.07 Å². The lowest BCUT2D eigenvalue weighted by Crippen LogP contribution is -2.19. The van der Waals surface area contributed by atoms with Gasteiger partial charge in [0, 0.05) is 0 Å². The predicted octanol–water partition coefficient (Wildman–Crippen LogP) is 2.56. The average molecular weight is 211 g/mol. The maximum absolute atomic E-state index is 13.1. The van der Waals surface area contributed by atoms with Gasteiger partial charge in [0.15, 0.2) is 0 Å². The van der Waals surface area contributed by atoms with Crippen molar-refractivity contribution in [2.75, 3.05) is 6.61 Å². The first-order chi connectivity index (χ1) is 6.99. The Morgan fingerprint density at radius 3 is 2.53 bits per heavy atom. The molecule has 0 amide bonds. The van der Waals surface area contributed by atoms with Gasteiger partial charge in [0.25, 0.3) is 0 Å². The highest BCUT2D eigenvalue weighted by Gasteiger charge is 2.08. The first-order valence-electron chi connectivity index (χ1n) is 5.13. The van der Waals surface area contributed by atoms with E-state index in [9.17, 15) is 4.39 Å². The molecule has 3 heteroatoms. The maximum atomic E-state index is 13.1. The molecule has 0 spiro atoms. The molecule has 0 aromatic heterocycles. The molecule has 15 heavy (non-hydrogen) atoms. The summed E-state index contributed by atoms with van der Waals surface area (Å²) in [5.41, 5.74) is 7.55. The molecule has 0 saturated carbocycles. The van der Waals surface area contributed by atoms with Gasteiger partial charge in [-0.05, 0) is 44.0 Å². The Morgan fingerprint density at radius 1 is 1.33 bits per heavy atom. The van der Waals surface area contributed by atoms with Crippen LogP contribution in [0.1, 0.15) is 31.0 Å². The van der Waals surface area contributed by atoms with Gasteiger partial charge in [0.1, 0.15) is 5.82 Å². The van der Waals surface area contributed by atoms with Gasteiger partial charge in [-0.15, -0.1) is 0 Å². The summed E-state index contributed by atoms with van der Waals surface area (Å²) in [5, 5.41) is 0. The Balaban J connectivity index is 2.68. The highest BCUT2D eigenvalue weighted by atomic mass is 19.1. The Labute approximate surface area is 90.2 Å². The molecule has 1 atom stereocenters. The molecule has 84 valence electrons. The number of aryl methyl sites for hydroxylation is 1. The fourth-order valence-corrected chi connectivity index (χ4v) is 1.37. The first kappa shape index (κ1) is 12.1. The normalized spacial score (nSPS) is 13.2. The van der Waals surface area contributed by atoms with E-state index in [0.717, 1.165) is 11.1 Å². The summed E-state index contributed by atoms with van der Waals surface area (Å²) in [7, 11) is 0. The average Bonchev–Trinajstić information content (AvgIpc) is 2.12. The molecule has 2 nitrogen and oxygen atoms in total. The number of hydrogen-bond donors (Lipinski definition) is 1. The summed E-state index contributed by atoms with van der Waals surface area (Å²) in [5.74, 6) is -0.245. The Bertz CT molecular complexity index is 305. The third kappa shape index (κ3) is 3.98. The molecule has 0 radical (unpaired) electrons. The molecule has 0 bridgehead atoms. The van der Waals surface area contributed by atoms with Crippen LogP contribution in [0, 0.1) is 12.7 Å². The molecule has 0 fully saturated rings. The fourth-order valence-electron chi connectivity index (χ4n) is 1.37. The quantitative estimate of drug-likeness (QED) is 0.830. The third-order valence-electron chi connectivity index (χ3n) is 2.10. The summed E-state index contributed by atoms with van der Waals surface area (Å²) in [6.45, 7) is 6.16. The van der Waals surface area contributed by atoms with Crippen molar-refractivity contribution in [3.05, 3.63) is 35.1 Å². The van der Waals surface area contributed by atoms with Gasteiger partial charge < -0.3 is 10.5 Å². The second kappa shape index (κ2) is 5.24. The second-order valence-electron chi connectivity index (χ2n) is 4.05. The van der Waals surface area contributed by atoms with Crippen molar-refractivity contribution >= 4 is 0 Å². The fraction of sp³-hybridized carbons (Fsp3) is 0.500. The van der Waals surface area contributed by atoms with Crippen LogP contribution in [0.3, 0.4) is 0 Å². The van der Waals surface area contributed by atoms with Gasteiger partial charge in [-0.3, -0.25) is 0 Å². The number of halogens is 1. The van der Waals surface area contributed by atoms with Crippen LogP contribution in [0.5, 0.6) is 0 Å². The molecule has 1 aromatic rings. The minimum absolute atomic E-state index is 0.144. The van der Waals surface area contributed by atoms with Gasteiger partial charge in [0.05, 0.1) is 18.8 Å². The van der Waals surface area contributed by atoms with Crippen LogP contribution in [0.2, 0.25) is 0 Å². The maximum Gasteiger partial charge on any atom is 0.123 e. The molecular formula is C12H18FNO. The molecule has 1 unspecified atom stereocenters. The smallest absolute Gasteiger partial charge is 0.123 e. The Morgan fingerprint density at radius 2 is 2.00 bits per heavy atom. The Hall–Kier alpha value is -0.930. The molecule has 1 aromatic carbocycles. The van der Waals surface area contributed by atoms with E-state index in [4.69, 9.17) is 10.5 Å². The monoisotopic (exact) mass is 211 g/mol. The lowest BCUT2D eigenvalue weighted by Gasteiger charge is -2.15. The summed E-state index contributed by atoms with van der Waals surface area (Å²) in [6, 6.07) is 4.57. The largest absolute Gasteiger partial charge is 0.377 e. The van der Waals surface area contributed by atoms with Crippen LogP contribution in [-0.4, -0.2) is 12.7 Å². The van der Waals surface area contributed by atoms with Crippen molar-refractivity contribution in [3.8, 4) is 0 Å². The van der Waals surface area contributed by atoms with Gasteiger partial charge in [-0.2, -0.15) is 0 Å². The number of nitrogens with two attached hydrogens (primary N) is 1. The topological polar surface area (TPSA) is 35.2 Å². The van der Waals surface area contributed by atoms with Crippen LogP contribution >= 0.6 is 0 Å². The van der Waals surface area contributed by atoms with Gasteiger partial charge in [-0.25, -0.2) is 4.39 Å².